The normalized spacial score (nSPS) is 22.8. The zero-order valence-corrected chi connectivity index (χ0v) is 10.3. The molecule has 1 unspecified atom stereocenters. The molecule has 0 bridgehead atoms. The van der Waals surface area contributed by atoms with Gasteiger partial charge in [-0.05, 0) is 31.6 Å². The van der Waals surface area contributed by atoms with Gasteiger partial charge in [-0.25, -0.2) is 8.42 Å². The number of hydrogen-bond donors (Lipinski definition) is 1. The maximum absolute atomic E-state index is 10.8. The lowest BCUT2D eigenvalue weighted by atomic mass is 10.2. The largest absolute Gasteiger partial charge is 0.316 e. The molecule has 0 aromatic rings. The molecule has 1 fully saturated rings. The lowest BCUT2D eigenvalue weighted by Crippen LogP contribution is -2.25. The minimum atomic E-state index is -2.77. The predicted molar refractivity (Wildman–Crippen MR) is 62.7 cm³/mol. The summed E-state index contributed by atoms with van der Waals surface area (Å²) < 4.78 is 21.6. The van der Waals surface area contributed by atoms with Gasteiger partial charge in [-0.1, -0.05) is 0 Å². The summed E-state index contributed by atoms with van der Waals surface area (Å²) in [6, 6.07) is 0. The monoisotopic (exact) mass is 237 g/mol. The molecule has 5 heteroatoms. The van der Waals surface area contributed by atoms with Crippen molar-refractivity contribution in [3.63, 3.8) is 0 Å². The van der Waals surface area contributed by atoms with Crippen LogP contribution in [0.5, 0.6) is 0 Å². The molecule has 0 aliphatic carbocycles. The van der Waals surface area contributed by atoms with E-state index in [4.69, 9.17) is 0 Å². The Kier molecular flexibility index (Phi) is 5.26. The highest BCUT2D eigenvalue weighted by atomic mass is 32.2. The first-order valence-corrected chi connectivity index (χ1v) is 8.19. The Balaban J connectivity index is 1.94. The molecule has 0 spiro atoms. The van der Waals surface area contributed by atoms with Crippen LogP contribution in [-0.4, -0.2) is 44.5 Å². The highest BCUT2D eigenvalue weighted by Crippen LogP contribution is 2.25. The van der Waals surface area contributed by atoms with E-state index in [9.17, 15) is 8.42 Å². The molecule has 14 heavy (non-hydrogen) atoms. The molecule has 0 aromatic carbocycles. The van der Waals surface area contributed by atoms with Crippen molar-refractivity contribution in [2.45, 2.75) is 24.5 Å². The van der Waals surface area contributed by atoms with E-state index in [-0.39, 0.29) is 0 Å². The van der Waals surface area contributed by atoms with E-state index in [0.717, 1.165) is 24.8 Å². The van der Waals surface area contributed by atoms with Gasteiger partial charge in [0.05, 0.1) is 5.75 Å². The summed E-state index contributed by atoms with van der Waals surface area (Å²) in [5.74, 6) is 1.59. The van der Waals surface area contributed by atoms with Crippen molar-refractivity contribution in [3.05, 3.63) is 0 Å². The minimum Gasteiger partial charge on any atom is -0.316 e. The molecule has 3 nitrogen and oxygen atoms in total. The first kappa shape index (κ1) is 12.3. The minimum absolute atomic E-state index is 0.303. The van der Waals surface area contributed by atoms with Crippen LogP contribution in [-0.2, 0) is 9.84 Å². The van der Waals surface area contributed by atoms with Gasteiger partial charge in [0, 0.05) is 18.1 Å². The predicted octanol–water partition coefficient (Wildman–Crippen LogP) is 0.906. The molecule has 0 saturated carbocycles. The molecule has 0 amide bonds. The van der Waals surface area contributed by atoms with Crippen LogP contribution in [0.25, 0.3) is 0 Å². The van der Waals surface area contributed by atoms with Gasteiger partial charge in [0.15, 0.2) is 0 Å². The molecule has 0 aromatic heterocycles. The van der Waals surface area contributed by atoms with E-state index in [1.165, 1.54) is 24.9 Å². The van der Waals surface area contributed by atoms with Crippen LogP contribution < -0.4 is 5.32 Å². The number of sulfone groups is 1. The second-order valence-electron chi connectivity index (χ2n) is 3.82. The van der Waals surface area contributed by atoms with E-state index < -0.39 is 9.84 Å². The summed E-state index contributed by atoms with van der Waals surface area (Å²) in [7, 11) is -2.77. The maximum Gasteiger partial charge on any atom is 0.147 e. The second kappa shape index (κ2) is 5.98. The first-order chi connectivity index (χ1) is 6.58. The van der Waals surface area contributed by atoms with E-state index in [2.05, 4.69) is 5.32 Å². The summed E-state index contributed by atoms with van der Waals surface area (Å²) >= 11 is 2.03. The van der Waals surface area contributed by atoms with E-state index in [1.54, 1.807) is 0 Å². The van der Waals surface area contributed by atoms with Crippen LogP contribution in [0.4, 0.5) is 0 Å². The smallest absolute Gasteiger partial charge is 0.147 e. The third kappa shape index (κ3) is 5.88. The van der Waals surface area contributed by atoms with Crippen molar-refractivity contribution in [2.24, 2.45) is 0 Å². The van der Waals surface area contributed by atoms with Crippen molar-refractivity contribution < 1.29 is 8.42 Å². The quantitative estimate of drug-likeness (QED) is 0.697. The van der Waals surface area contributed by atoms with Gasteiger partial charge < -0.3 is 5.32 Å². The molecular weight excluding hydrogens is 218 g/mol. The molecule has 1 N–H and O–H groups in total. The summed E-state index contributed by atoms with van der Waals surface area (Å²) in [5.41, 5.74) is 0. The summed E-state index contributed by atoms with van der Waals surface area (Å²) in [6.45, 7) is 1.86. The molecule has 1 heterocycles. The SMILES string of the molecule is CS(=O)(=O)CCCNCC1CCCS1. The Morgan fingerprint density at radius 2 is 2.29 bits per heavy atom. The number of thioether (sulfide) groups is 1. The van der Waals surface area contributed by atoms with Crippen molar-refractivity contribution in [3.8, 4) is 0 Å². The van der Waals surface area contributed by atoms with Gasteiger partial charge in [-0.2, -0.15) is 11.8 Å². The van der Waals surface area contributed by atoms with Gasteiger partial charge in [0.25, 0.3) is 0 Å². The fraction of sp³-hybridized carbons (Fsp3) is 1.00. The average molecular weight is 237 g/mol. The van der Waals surface area contributed by atoms with Crippen LogP contribution in [0.15, 0.2) is 0 Å². The highest BCUT2D eigenvalue weighted by molar-refractivity contribution is 8.00. The number of hydrogen-bond acceptors (Lipinski definition) is 4. The van der Waals surface area contributed by atoms with Gasteiger partial charge in [0.2, 0.25) is 0 Å². The van der Waals surface area contributed by atoms with Crippen LogP contribution in [0.1, 0.15) is 19.3 Å². The van der Waals surface area contributed by atoms with Gasteiger partial charge in [0.1, 0.15) is 9.84 Å². The Bertz CT molecular complexity index is 246. The Labute approximate surface area is 91.0 Å². The average Bonchev–Trinajstić information content (AvgIpc) is 2.54. The van der Waals surface area contributed by atoms with Crippen molar-refractivity contribution in [2.75, 3.05) is 30.9 Å². The van der Waals surface area contributed by atoms with Gasteiger partial charge in [-0.15, -0.1) is 0 Å². The topological polar surface area (TPSA) is 46.2 Å². The maximum atomic E-state index is 10.8. The Hall–Kier alpha value is 0.260. The fourth-order valence-electron chi connectivity index (χ4n) is 1.53. The van der Waals surface area contributed by atoms with Gasteiger partial charge in [-0.3, -0.25) is 0 Å². The summed E-state index contributed by atoms with van der Waals surface area (Å²) in [6.07, 6.45) is 4.67. The Morgan fingerprint density at radius 1 is 1.50 bits per heavy atom. The molecule has 1 rings (SSSR count). The zero-order valence-electron chi connectivity index (χ0n) is 8.66. The molecule has 0 radical (unpaired) electrons. The van der Waals surface area contributed by atoms with Gasteiger partial charge >= 0.3 is 0 Å². The molecule has 1 aliphatic heterocycles. The van der Waals surface area contributed by atoms with E-state index >= 15 is 0 Å². The lowest BCUT2D eigenvalue weighted by Gasteiger charge is -2.09. The zero-order chi connectivity index (χ0) is 10.4. The standard InChI is InChI=1S/C9H19NO2S2/c1-14(11,12)7-3-5-10-8-9-4-2-6-13-9/h9-10H,2-8H2,1H3. The van der Waals surface area contributed by atoms with Crippen LogP contribution >= 0.6 is 11.8 Å². The lowest BCUT2D eigenvalue weighted by molar-refractivity contribution is 0.592. The third-order valence-corrected chi connectivity index (χ3v) is 4.69. The van der Waals surface area contributed by atoms with Crippen LogP contribution in [0.2, 0.25) is 0 Å². The number of nitrogens with one attached hydrogen (secondary N) is 1. The molecule has 1 aliphatic rings. The third-order valence-electron chi connectivity index (χ3n) is 2.26. The summed E-state index contributed by atoms with van der Waals surface area (Å²) in [5, 5.41) is 4.07. The number of rotatable bonds is 6. The van der Waals surface area contributed by atoms with Crippen molar-refractivity contribution in [1.29, 1.82) is 0 Å². The molecule has 84 valence electrons. The van der Waals surface area contributed by atoms with Crippen LogP contribution in [0, 0.1) is 0 Å². The van der Waals surface area contributed by atoms with Crippen LogP contribution in [0.3, 0.4) is 0 Å². The first-order valence-electron chi connectivity index (χ1n) is 5.08. The Morgan fingerprint density at radius 3 is 2.86 bits per heavy atom. The van der Waals surface area contributed by atoms with E-state index in [0.29, 0.717) is 5.75 Å². The molecule has 1 saturated heterocycles. The summed E-state index contributed by atoms with van der Waals surface area (Å²) in [4.78, 5) is 0. The fourth-order valence-corrected chi connectivity index (χ4v) is 3.43. The highest BCUT2D eigenvalue weighted by Gasteiger charge is 2.14. The molecular formula is C9H19NO2S2. The van der Waals surface area contributed by atoms with E-state index in [1.807, 2.05) is 11.8 Å². The van der Waals surface area contributed by atoms with Crippen molar-refractivity contribution >= 4 is 21.6 Å². The second-order valence-corrected chi connectivity index (χ2v) is 7.49. The van der Waals surface area contributed by atoms with Crippen molar-refractivity contribution in [1.82, 2.24) is 5.32 Å². The molecule has 1 atom stereocenters.